The third-order valence-electron chi connectivity index (χ3n) is 19.7. The highest BCUT2D eigenvalue weighted by Crippen LogP contribution is 2.20. The van der Waals surface area contributed by atoms with Crippen LogP contribution in [-0.4, -0.2) is 87.4 Å². The minimum atomic E-state index is -1.52. The van der Waals surface area contributed by atoms with Gasteiger partial charge in [-0.1, -0.05) is 411 Å². The molecule has 606 valence electrons. The molecule has 0 spiro atoms. The Labute approximate surface area is 650 Å². The Kier molecular flexibility index (Phi) is 81.8. The number of carboxylic acids is 1. The lowest BCUT2D eigenvalue weighted by Crippen LogP contribution is -2.40. The Morgan fingerprint density at radius 2 is 0.543 bits per heavy atom. The standard InChI is InChI=1S/C96H169NO8/c1-6-8-10-12-14-16-18-20-22-24-26-28-30-32-34-36-38-40-42-44-46-47-49-51-53-55-57-59-61-63-65-67-69-71-73-75-77-79-81-83-85-87-94(99)105-92(91-104-96(95(100)101)102-89-88-97(3,4)5)90-103-93(98)86-84-82-80-78-76-74-72-70-68-66-64-62-60-58-56-54-52-50-48-45-43-41-39-37-35-33-31-29-27-25-23-21-19-17-15-13-11-9-7-2/h8,10,14,16,20,22,25-28,32,34,38,40,44,46,49,51,55,57,92,96H,6-7,9,11-13,15,17-19,21,23-24,29-31,33,35-37,39,41-43,45,47-48,50,52-54,56,58-91H2,1-5H3/p+1/b10-8-,16-14-,22-20-,27-25-,28-26-,34-32-,40-38-,46-44-,51-49-,57-55-. The molecule has 0 heterocycles. The van der Waals surface area contributed by atoms with Crippen molar-refractivity contribution in [2.45, 2.75) is 424 Å². The number of quaternary nitrogens is 1. The third kappa shape index (κ3) is 86.8. The van der Waals surface area contributed by atoms with Crippen LogP contribution < -0.4 is 0 Å². The van der Waals surface area contributed by atoms with E-state index in [4.69, 9.17) is 18.9 Å². The molecule has 2 atom stereocenters. The molecule has 0 bridgehead atoms. The van der Waals surface area contributed by atoms with Crippen molar-refractivity contribution in [3.63, 3.8) is 0 Å². The smallest absolute Gasteiger partial charge is 0.361 e. The van der Waals surface area contributed by atoms with E-state index in [0.717, 1.165) is 103 Å². The molecule has 0 saturated heterocycles. The molecule has 0 saturated carbocycles. The van der Waals surface area contributed by atoms with Crippen LogP contribution in [0.3, 0.4) is 0 Å². The Bertz CT molecular complexity index is 2160. The third-order valence-corrected chi connectivity index (χ3v) is 19.7. The fourth-order valence-corrected chi connectivity index (χ4v) is 12.9. The minimum Gasteiger partial charge on any atom is -0.477 e. The van der Waals surface area contributed by atoms with E-state index in [2.05, 4.69) is 135 Å². The zero-order chi connectivity index (χ0) is 76.0. The van der Waals surface area contributed by atoms with Crippen LogP contribution in [-0.2, 0) is 33.3 Å². The van der Waals surface area contributed by atoms with Crippen LogP contribution in [0.1, 0.15) is 412 Å². The molecule has 0 rings (SSSR count). The summed E-state index contributed by atoms with van der Waals surface area (Å²) in [5.41, 5.74) is 0. The Hall–Kier alpha value is -4.31. The molecule has 9 heteroatoms. The Morgan fingerprint density at radius 3 is 0.819 bits per heavy atom. The van der Waals surface area contributed by atoms with Gasteiger partial charge in [-0.25, -0.2) is 4.79 Å². The zero-order valence-electron chi connectivity index (χ0n) is 69.6. The van der Waals surface area contributed by atoms with E-state index in [9.17, 15) is 19.5 Å². The number of carbonyl (C=O) groups excluding carboxylic acids is 2. The number of esters is 2. The van der Waals surface area contributed by atoms with Crippen LogP contribution in [0.15, 0.2) is 122 Å². The molecular weight excluding hydrogens is 1300 g/mol. The minimum absolute atomic E-state index is 0.182. The average molecular weight is 1470 g/mol. The molecule has 1 N–H and O–H groups in total. The number of likely N-dealkylation sites (N-methyl/N-ethyl adjacent to an activating group) is 1. The number of hydrogen-bond donors (Lipinski definition) is 1. The number of ether oxygens (including phenoxy) is 4. The summed E-state index contributed by atoms with van der Waals surface area (Å²) in [4.78, 5) is 37.8. The van der Waals surface area contributed by atoms with Gasteiger partial charge in [0.1, 0.15) is 13.2 Å². The van der Waals surface area contributed by atoms with Crippen LogP contribution in [0.2, 0.25) is 0 Å². The molecule has 2 unspecified atom stereocenters. The van der Waals surface area contributed by atoms with Crippen molar-refractivity contribution in [1.82, 2.24) is 0 Å². The van der Waals surface area contributed by atoms with Crippen LogP contribution in [0, 0.1) is 0 Å². The van der Waals surface area contributed by atoms with Crippen LogP contribution in [0.4, 0.5) is 0 Å². The first kappa shape index (κ1) is 101. The van der Waals surface area contributed by atoms with Gasteiger partial charge in [-0.05, 0) is 109 Å². The second-order valence-electron chi connectivity index (χ2n) is 31.2. The zero-order valence-corrected chi connectivity index (χ0v) is 69.6. The highest BCUT2D eigenvalue weighted by atomic mass is 16.7. The van der Waals surface area contributed by atoms with Crippen LogP contribution in [0.5, 0.6) is 0 Å². The first-order valence-electron chi connectivity index (χ1n) is 44.7. The molecule has 0 radical (unpaired) electrons. The molecule has 0 aliphatic carbocycles. The number of allylic oxidation sites excluding steroid dienone is 20. The van der Waals surface area contributed by atoms with Crippen molar-refractivity contribution >= 4 is 17.9 Å². The quantitative estimate of drug-likeness (QED) is 0.0211. The normalized spacial score (nSPS) is 13.2. The van der Waals surface area contributed by atoms with Crippen molar-refractivity contribution in [2.75, 3.05) is 47.5 Å². The first-order chi connectivity index (χ1) is 51.6. The van der Waals surface area contributed by atoms with Gasteiger partial charge in [-0.2, -0.15) is 0 Å². The number of aliphatic carboxylic acids is 1. The molecule has 0 aromatic heterocycles. The predicted octanol–water partition coefficient (Wildman–Crippen LogP) is 29.4. The Balaban J connectivity index is 3.97. The number of carboxylic acid groups (broad SMARTS) is 1. The van der Waals surface area contributed by atoms with Gasteiger partial charge in [0, 0.05) is 12.8 Å². The van der Waals surface area contributed by atoms with Gasteiger partial charge < -0.3 is 28.5 Å². The highest BCUT2D eigenvalue weighted by molar-refractivity contribution is 5.71. The van der Waals surface area contributed by atoms with E-state index in [1.165, 1.54) is 283 Å². The number of unbranched alkanes of at least 4 members (excludes halogenated alkanes) is 48. The van der Waals surface area contributed by atoms with Crippen LogP contribution >= 0.6 is 0 Å². The molecule has 0 aliphatic heterocycles. The molecule has 0 aromatic rings. The summed E-state index contributed by atoms with van der Waals surface area (Å²) >= 11 is 0. The van der Waals surface area contributed by atoms with Crippen molar-refractivity contribution in [2.24, 2.45) is 0 Å². The fraction of sp³-hybridized carbons (Fsp3) is 0.760. The second kappa shape index (κ2) is 85.3. The van der Waals surface area contributed by atoms with Gasteiger partial charge in [-0.15, -0.1) is 0 Å². The summed E-state index contributed by atoms with van der Waals surface area (Å²) in [6.07, 6.45) is 120. The Morgan fingerprint density at radius 1 is 0.295 bits per heavy atom. The lowest BCUT2D eigenvalue weighted by atomic mass is 10.0. The molecule has 0 aromatic carbocycles. The van der Waals surface area contributed by atoms with Gasteiger partial charge in [0.05, 0.1) is 34.4 Å². The van der Waals surface area contributed by atoms with Crippen LogP contribution in [0.25, 0.3) is 0 Å². The molecule has 0 amide bonds. The molecule has 105 heavy (non-hydrogen) atoms. The summed E-state index contributed by atoms with van der Waals surface area (Å²) in [7, 11) is 5.99. The maximum absolute atomic E-state index is 13.0. The lowest BCUT2D eigenvalue weighted by Gasteiger charge is -2.25. The monoisotopic (exact) mass is 1470 g/mol. The maximum Gasteiger partial charge on any atom is 0.361 e. The second-order valence-corrected chi connectivity index (χ2v) is 31.2. The summed E-state index contributed by atoms with van der Waals surface area (Å²) in [6, 6.07) is 0. The van der Waals surface area contributed by atoms with Gasteiger partial charge in [0.2, 0.25) is 0 Å². The topological polar surface area (TPSA) is 108 Å². The van der Waals surface area contributed by atoms with E-state index in [1.54, 1.807) is 0 Å². The van der Waals surface area contributed by atoms with Gasteiger partial charge >= 0.3 is 17.9 Å². The van der Waals surface area contributed by atoms with E-state index >= 15 is 0 Å². The summed E-state index contributed by atoms with van der Waals surface area (Å²) in [5.74, 6) is -1.99. The van der Waals surface area contributed by atoms with E-state index < -0.39 is 24.3 Å². The van der Waals surface area contributed by atoms with Crippen molar-refractivity contribution < 1.29 is 42.9 Å². The van der Waals surface area contributed by atoms with E-state index in [1.807, 2.05) is 21.1 Å². The molecular formula is C96H170NO8+. The SMILES string of the molecule is CC/C=C\C/C=C\C/C=C\C/C=C\C/C=C\C/C=C\C/C=C\C/C=C\C/C=C\CCCCCCCCCCCCCCCC(=O)OC(COC(=O)CCCCCCCCCCCCCCCCCCCCCCCCCCCCC/C=C\CCCCCCCCCC)COC(OCC[N+](C)(C)C)C(=O)O. The van der Waals surface area contributed by atoms with E-state index in [0.29, 0.717) is 17.4 Å². The predicted molar refractivity (Wildman–Crippen MR) is 456 cm³/mol. The number of hydrogen-bond acceptors (Lipinski definition) is 7. The van der Waals surface area contributed by atoms with Crippen molar-refractivity contribution in [1.29, 1.82) is 0 Å². The number of carbonyl (C=O) groups is 3. The van der Waals surface area contributed by atoms with Gasteiger partial charge in [0.25, 0.3) is 6.29 Å². The fourth-order valence-electron chi connectivity index (χ4n) is 12.9. The van der Waals surface area contributed by atoms with Crippen molar-refractivity contribution in [3.8, 4) is 0 Å². The first-order valence-corrected chi connectivity index (χ1v) is 44.7. The largest absolute Gasteiger partial charge is 0.477 e. The lowest BCUT2D eigenvalue weighted by molar-refractivity contribution is -0.870. The number of rotatable bonds is 83. The van der Waals surface area contributed by atoms with Gasteiger partial charge in [0.15, 0.2) is 6.10 Å². The molecule has 0 fully saturated rings. The van der Waals surface area contributed by atoms with Crippen molar-refractivity contribution in [3.05, 3.63) is 122 Å². The maximum atomic E-state index is 13.0. The molecule has 9 nitrogen and oxygen atoms in total. The average Bonchev–Trinajstić information content (AvgIpc) is 1.18. The highest BCUT2D eigenvalue weighted by Gasteiger charge is 2.25. The number of nitrogens with zero attached hydrogens (tertiary/aromatic N) is 1. The molecule has 0 aliphatic rings. The summed E-state index contributed by atoms with van der Waals surface area (Å²) in [5, 5.41) is 9.79. The van der Waals surface area contributed by atoms with Gasteiger partial charge in [-0.3, -0.25) is 9.59 Å². The summed E-state index contributed by atoms with van der Waals surface area (Å²) in [6.45, 7) is 4.81. The summed E-state index contributed by atoms with van der Waals surface area (Å²) < 4.78 is 23.1. The van der Waals surface area contributed by atoms with E-state index in [-0.39, 0.29) is 32.2 Å².